The maximum absolute atomic E-state index is 12.1. The van der Waals surface area contributed by atoms with Crippen LogP contribution in [0.4, 0.5) is 0 Å². The van der Waals surface area contributed by atoms with Crippen molar-refractivity contribution in [2.24, 2.45) is 10.4 Å². The van der Waals surface area contributed by atoms with Crippen LogP contribution in [-0.4, -0.2) is 62.1 Å². The lowest BCUT2D eigenvalue weighted by Gasteiger charge is -2.33. The van der Waals surface area contributed by atoms with E-state index < -0.39 is 5.41 Å². The van der Waals surface area contributed by atoms with Gasteiger partial charge in [0.25, 0.3) is 0 Å². The Bertz CT molecular complexity index is 400. The van der Waals surface area contributed by atoms with Crippen molar-refractivity contribution < 1.29 is 4.79 Å². The van der Waals surface area contributed by atoms with Gasteiger partial charge in [-0.05, 0) is 53.5 Å². The quantitative estimate of drug-likeness (QED) is 0.464. The normalized spacial score (nSPS) is 17.6. The molecule has 0 aliphatic carbocycles. The molecule has 1 fully saturated rings. The molecule has 1 rings (SSSR count). The number of hydrogen-bond donors (Lipinski definition) is 3. The van der Waals surface area contributed by atoms with Gasteiger partial charge in [0.15, 0.2) is 5.96 Å². The Morgan fingerprint density at radius 3 is 2.29 bits per heavy atom. The third kappa shape index (κ3) is 7.07. The van der Waals surface area contributed by atoms with E-state index in [1.165, 1.54) is 13.0 Å². The lowest BCUT2D eigenvalue weighted by atomic mass is 9.92. The monoisotopic (exact) mass is 339 g/mol. The number of piperidine rings is 1. The molecule has 0 unspecified atom stereocenters. The summed E-state index contributed by atoms with van der Waals surface area (Å²) >= 11 is 0. The van der Waals surface area contributed by atoms with Crippen molar-refractivity contribution in [3.63, 3.8) is 0 Å². The third-order valence-electron chi connectivity index (χ3n) is 4.40. The van der Waals surface area contributed by atoms with E-state index in [1.54, 1.807) is 0 Å². The SMILES string of the molecule is CCCN1CCC(NC(=NCC(C)(C)C(=O)NCC)NCC)CC1. The molecule has 3 N–H and O–H groups in total. The standard InChI is InChI=1S/C18H37N5O/c1-6-11-23-12-9-15(10-13-23)22-17(20-8-3)21-14-18(4,5)16(24)19-7-2/h15H,6-14H2,1-5H3,(H,19,24)(H2,20,21,22). The van der Waals surface area contributed by atoms with Gasteiger partial charge in [0.1, 0.15) is 0 Å². The molecule has 0 radical (unpaired) electrons. The van der Waals surface area contributed by atoms with Gasteiger partial charge < -0.3 is 20.9 Å². The van der Waals surface area contributed by atoms with Crippen molar-refractivity contribution in [2.45, 2.75) is 59.9 Å². The van der Waals surface area contributed by atoms with Crippen LogP contribution in [0.25, 0.3) is 0 Å². The van der Waals surface area contributed by atoms with Crippen LogP contribution >= 0.6 is 0 Å². The minimum atomic E-state index is -0.497. The molecule has 1 aliphatic rings. The lowest BCUT2D eigenvalue weighted by molar-refractivity contribution is -0.128. The summed E-state index contributed by atoms with van der Waals surface area (Å²) in [5.41, 5.74) is -0.497. The first kappa shape index (κ1) is 20.7. The first-order valence-corrected chi connectivity index (χ1v) is 9.48. The van der Waals surface area contributed by atoms with Crippen molar-refractivity contribution in [3.8, 4) is 0 Å². The maximum Gasteiger partial charge on any atom is 0.227 e. The molecule has 0 bridgehead atoms. The Balaban J connectivity index is 2.55. The van der Waals surface area contributed by atoms with Crippen LogP contribution in [0.3, 0.4) is 0 Å². The number of hydrogen-bond acceptors (Lipinski definition) is 3. The Kier molecular flexibility index (Phi) is 9.11. The number of aliphatic imine (C=N–C) groups is 1. The lowest BCUT2D eigenvalue weighted by Crippen LogP contribution is -2.49. The summed E-state index contributed by atoms with van der Waals surface area (Å²) in [6, 6.07) is 0.462. The zero-order valence-electron chi connectivity index (χ0n) is 16.2. The highest BCUT2D eigenvalue weighted by Crippen LogP contribution is 2.16. The number of carbonyl (C=O) groups is 1. The number of carbonyl (C=O) groups excluding carboxylic acids is 1. The van der Waals surface area contributed by atoms with Gasteiger partial charge in [0.05, 0.1) is 12.0 Å². The van der Waals surface area contributed by atoms with E-state index in [-0.39, 0.29) is 5.91 Å². The van der Waals surface area contributed by atoms with Crippen molar-refractivity contribution in [1.82, 2.24) is 20.9 Å². The molecule has 140 valence electrons. The fourth-order valence-electron chi connectivity index (χ4n) is 2.88. The first-order chi connectivity index (χ1) is 11.4. The summed E-state index contributed by atoms with van der Waals surface area (Å²) in [6.07, 6.45) is 3.51. The molecule has 1 aliphatic heterocycles. The number of nitrogens with one attached hydrogen (secondary N) is 3. The van der Waals surface area contributed by atoms with Crippen molar-refractivity contribution in [2.75, 3.05) is 39.3 Å². The van der Waals surface area contributed by atoms with Crippen molar-refractivity contribution >= 4 is 11.9 Å². The topological polar surface area (TPSA) is 68.8 Å². The molecule has 24 heavy (non-hydrogen) atoms. The summed E-state index contributed by atoms with van der Waals surface area (Å²) in [5.74, 6) is 0.876. The van der Waals surface area contributed by atoms with Crippen LogP contribution in [0.1, 0.15) is 53.9 Å². The van der Waals surface area contributed by atoms with Gasteiger partial charge in [-0.1, -0.05) is 6.92 Å². The summed E-state index contributed by atoms with van der Waals surface area (Å²) in [7, 11) is 0. The zero-order valence-corrected chi connectivity index (χ0v) is 16.2. The second-order valence-electron chi connectivity index (χ2n) is 7.20. The van der Waals surface area contributed by atoms with Gasteiger partial charge in [-0.3, -0.25) is 9.79 Å². The predicted octanol–water partition coefficient (Wildman–Crippen LogP) is 1.58. The number of guanidine groups is 1. The summed E-state index contributed by atoms with van der Waals surface area (Å²) in [4.78, 5) is 19.3. The Hall–Kier alpha value is -1.30. The van der Waals surface area contributed by atoms with Crippen LogP contribution in [0.5, 0.6) is 0 Å². The van der Waals surface area contributed by atoms with E-state index in [0.29, 0.717) is 19.1 Å². The molecule has 0 aromatic carbocycles. The molecule has 6 nitrogen and oxygen atoms in total. The van der Waals surface area contributed by atoms with Gasteiger partial charge in [-0.25, -0.2) is 0 Å². The van der Waals surface area contributed by atoms with E-state index in [0.717, 1.165) is 38.4 Å². The highest BCUT2D eigenvalue weighted by Gasteiger charge is 2.27. The smallest absolute Gasteiger partial charge is 0.227 e. The molecule has 6 heteroatoms. The van der Waals surface area contributed by atoms with Crippen LogP contribution in [0.2, 0.25) is 0 Å². The van der Waals surface area contributed by atoms with Gasteiger partial charge >= 0.3 is 0 Å². The number of likely N-dealkylation sites (tertiary alicyclic amines) is 1. The Labute approximate surface area is 147 Å². The summed E-state index contributed by atoms with van der Waals surface area (Å²) in [5, 5.41) is 9.73. The van der Waals surface area contributed by atoms with Crippen LogP contribution in [-0.2, 0) is 4.79 Å². The average molecular weight is 340 g/mol. The Morgan fingerprint density at radius 2 is 1.75 bits per heavy atom. The van der Waals surface area contributed by atoms with E-state index in [2.05, 4.69) is 39.7 Å². The number of nitrogens with zero attached hydrogens (tertiary/aromatic N) is 2. The molecule has 0 aromatic rings. The van der Waals surface area contributed by atoms with Gasteiger partial charge in [-0.15, -0.1) is 0 Å². The second kappa shape index (κ2) is 10.5. The molecule has 0 atom stereocenters. The molecule has 0 saturated carbocycles. The highest BCUT2D eigenvalue weighted by molar-refractivity contribution is 5.83. The molecule has 0 aromatic heterocycles. The van der Waals surface area contributed by atoms with Gasteiger partial charge in [0, 0.05) is 32.2 Å². The van der Waals surface area contributed by atoms with E-state index in [4.69, 9.17) is 0 Å². The highest BCUT2D eigenvalue weighted by atomic mass is 16.2. The Morgan fingerprint density at radius 1 is 1.12 bits per heavy atom. The number of amides is 1. The largest absolute Gasteiger partial charge is 0.357 e. The van der Waals surface area contributed by atoms with E-state index >= 15 is 0 Å². The second-order valence-corrected chi connectivity index (χ2v) is 7.20. The fourth-order valence-corrected chi connectivity index (χ4v) is 2.88. The molecule has 1 saturated heterocycles. The van der Waals surface area contributed by atoms with Gasteiger partial charge in [0.2, 0.25) is 5.91 Å². The van der Waals surface area contributed by atoms with Crippen LogP contribution < -0.4 is 16.0 Å². The first-order valence-electron chi connectivity index (χ1n) is 9.48. The van der Waals surface area contributed by atoms with Crippen molar-refractivity contribution in [1.29, 1.82) is 0 Å². The van der Waals surface area contributed by atoms with E-state index in [9.17, 15) is 4.79 Å². The molecular formula is C18H37N5O. The molecule has 0 spiro atoms. The fraction of sp³-hybridized carbons (Fsp3) is 0.889. The third-order valence-corrected chi connectivity index (χ3v) is 4.40. The summed E-state index contributed by atoms with van der Waals surface area (Å²) in [6.45, 7) is 15.6. The minimum Gasteiger partial charge on any atom is -0.357 e. The van der Waals surface area contributed by atoms with Crippen molar-refractivity contribution in [3.05, 3.63) is 0 Å². The van der Waals surface area contributed by atoms with Gasteiger partial charge in [-0.2, -0.15) is 0 Å². The minimum absolute atomic E-state index is 0.0532. The average Bonchev–Trinajstić information content (AvgIpc) is 2.55. The summed E-state index contributed by atoms with van der Waals surface area (Å²) < 4.78 is 0. The molecule has 1 heterocycles. The van der Waals surface area contributed by atoms with Crippen LogP contribution in [0.15, 0.2) is 4.99 Å². The molecule has 1 amide bonds. The molecular weight excluding hydrogens is 302 g/mol. The van der Waals surface area contributed by atoms with E-state index in [1.807, 2.05) is 20.8 Å². The zero-order chi connectivity index (χ0) is 18.0. The predicted molar refractivity (Wildman–Crippen MR) is 101 cm³/mol. The maximum atomic E-state index is 12.1. The van der Waals surface area contributed by atoms with Crippen LogP contribution in [0, 0.1) is 5.41 Å². The number of rotatable bonds is 8.